The van der Waals surface area contributed by atoms with Crippen LogP contribution in [-0.2, 0) is 9.84 Å². The van der Waals surface area contributed by atoms with E-state index in [0.717, 1.165) is 22.3 Å². The Morgan fingerprint density at radius 1 is 1.30 bits per heavy atom. The number of nitrogens with zero attached hydrogens (tertiary/aromatic N) is 3. The van der Waals surface area contributed by atoms with Crippen LogP contribution in [-0.4, -0.2) is 50.5 Å². The Morgan fingerprint density at radius 2 is 2.17 bits per heavy atom. The third kappa shape index (κ3) is 3.28. The van der Waals surface area contributed by atoms with E-state index >= 15 is 0 Å². The van der Waals surface area contributed by atoms with E-state index in [1.54, 1.807) is 24.8 Å². The molecule has 10 heteroatoms. The van der Waals surface area contributed by atoms with Gasteiger partial charge >= 0.3 is 0 Å². The van der Waals surface area contributed by atoms with Gasteiger partial charge in [-0.2, -0.15) is 0 Å². The maximum atomic E-state index is 12.7. The van der Waals surface area contributed by atoms with E-state index in [0.29, 0.717) is 23.5 Å². The molecule has 1 saturated heterocycles. The number of rotatable bonds is 4. The first-order chi connectivity index (χ1) is 14.4. The summed E-state index contributed by atoms with van der Waals surface area (Å²) in [5, 5.41) is 3.23. The second-order valence-electron chi connectivity index (χ2n) is 7.55. The van der Waals surface area contributed by atoms with Gasteiger partial charge in [-0.15, -0.1) is 0 Å². The van der Waals surface area contributed by atoms with Gasteiger partial charge < -0.3 is 19.9 Å². The molecule has 4 heterocycles. The Kier molecular flexibility index (Phi) is 4.24. The van der Waals surface area contributed by atoms with Gasteiger partial charge in [-0.05, 0) is 37.1 Å². The number of imidazole rings is 2. The summed E-state index contributed by atoms with van der Waals surface area (Å²) in [7, 11) is -3.03. The van der Waals surface area contributed by atoms with Crippen LogP contribution >= 0.6 is 0 Å². The van der Waals surface area contributed by atoms with Crippen molar-refractivity contribution in [2.75, 3.05) is 16.8 Å². The van der Waals surface area contributed by atoms with Crippen LogP contribution in [0.1, 0.15) is 12.0 Å². The normalized spacial score (nSPS) is 18.1. The monoisotopic (exact) mass is 424 g/mol. The zero-order valence-electron chi connectivity index (χ0n) is 16.2. The number of aryl methyl sites for hydroxylation is 1. The minimum atomic E-state index is -3.03. The number of hydrogen-bond donors (Lipinski definition) is 3. The van der Waals surface area contributed by atoms with Gasteiger partial charge in [0.2, 0.25) is 0 Å². The number of pyridine rings is 1. The lowest BCUT2D eigenvalue weighted by molar-refractivity contribution is 0.602. The summed E-state index contributed by atoms with van der Waals surface area (Å²) < 4.78 is 25.5. The van der Waals surface area contributed by atoms with E-state index in [-0.39, 0.29) is 23.1 Å². The highest BCUT2D eigenvalue weighted by molar-refractivity contribution is 7.91. The lowest BCUT2D eigenvalue weighted by Gasteiger charge is -2.14. The minimum absolute atomic E-state index is 0.0622. The van der Waals surface area contributed by atoms with E-state index in [1.165, 1.54) is 0 Å². The summed E-state index contributed by atoms with van der Waals surface area (Å²) >= 11 is 0. The molecule has 0 amide bonds. The van der Waals surface area contributed by atoms with Gasteiger partial charge in [0, 0.05) is 30.3 Å². The van der Waals surface area contributed by atoms with Gasteiger partial charge in [-0.3, -0.25) is 4.79 Å². The maximum absolute atomic E-state index is 12.7. The summed E-state index contributed by atoms with van der Waals surface area (Å²) in [4.78, 5) is 27.4. The quantitative estimate of drug-likeness (QED) is 0.460. The van der Waals surface area contributed by atoms with Crippen molar-refractivity contribution in [3.05, 3.63) is 59.0 Å². The van der Waals surface area contributed by atoms with Gasteiger partial charge in [0.25, 0.3) is 5.56 Å². The zero-order chi connectivity index (χ0) is 20.9. The fourth-order valence-electron chi connectivity index (χ4n) is 3.91. The number of anilines is 1. The van der Waals surface area contributed by atoms with E-state index in [9.17, 15) is 13.2 Å². The third-order valence-corrected chi connectivity index (χ3v) is 7.12. The Bertz CT molecular complexity index is 1400. The van der Waals surface area contributed by atoms with Gasteiger partial charge in [-0.1, -0.05) is 0 Å². The molecule has 1 atom stereocenters. The smallest absolute Gasteiger partial charge is 0.261 e. The number of hydrogen-bond acceptors (Lipinski definition) is 6. The van der Waals surface area contributed by atoms with Crippen LogP contribution in [0.4, 0.5) is 5.69 Å². The van der Waals surface area contributed by atoms with Crippen molar-refractivity contribution in [1.29, 1.82) is 0 Å². The van der Waals surface area contributed by atoms with Crippen molar-refractivity contribution in [3.8, 4) is 17.1 Å². The van der Waals surface area contributed by atoms with Crippen LogP contribution in [0.2, 0.25) is 0 Å². The molecule has 30 heavy (non-hydrogen) atoms. The Hall–Kier alpha value is -3.40. The molecule has 5 rings (SSSR count). The molecule has 0 radical (unpaired) electrons. The molecule has 0 bridgehead atoms. The second-order valence-corrected chi connectivity index (χ2v) is 9.78. The number of aromatic amines is 2. The summed E-state index contributed by atoms with van der Waals surface area (Å²) in [6.45, 7) is 1.96. The molecular weight excluding hydrogens is 404 g/mol. The summed E-state index contributed by atoms with van der Waals surface area (Å²) in [6, 6.07) is 5.47. The molecule has 0 saturated carbocycles. The number of aromatic nitrogens is 5. The lowest BCUT2D eigenvalue weighted by Crippen LogP contribution is -2.23. The predicted octanol–water partition coefficient (Wildman–Crippen LogP) is 2.01. The molecule has 0 aliphatic carbocycles. The predicted molar refractivity (Wildman–Crippen MR) is 115 cm³/mol. The summed E-state index contributed by atoms with van der Waals surface area (Å²) in [5.41, 5.74) is 4.09. The highest BCUT2D eigenvalue weighted by atomic mass is 32.2. The molecule has 0 spiro atoms. The van der Waals surface area contributed by atoms with Crippen molar-refractivity contribution in [2.45, 2.75) is 19.4 Å². The average molecular weight is 424 g/mol. The number of H-pyrrole nitrogens is 2. The van der Waals surface area contributed by atoms with Gasteiger partial charge in [-0.25, -0.2) is 18.4 Å². The van der Waals surface area contributed by atoms with Crippen LogP contribution in [0.25, 0.3) is 28.1 Å². The largest absolute Gasteiger partial charge is 0.380 e. The molecule has 1 unspecified atom stereocenters. The fraction of sp³-hybridized carbons (Fsp3) is 0.250. The second kappa shape index (κ2) is 6.84. The first-order valence-electron chi connectivity index (χ1n) is 9.57. The molecule has 3 aromatic heterocycles. The van der Waals surface area contributed by atoms with Crippen LogP contribution in [0.3, 0.4) is 0 Å². The van der Waals surface area contributed by atoms with E-state index in [1.807, 2.05) is 29.8 Å². The standard InChI is InChI=1S/C20H20N6O3S/c1-12-8-14(26-6-5-21-11-26)9-16-18(12)25-19(24-16)17-15(2-4-22-20(17)27)23-13-3-7-30(28,29)10-13/h2,4-6,8-9,11,13H,3,7,10H2,1H3,(H,24,25)(H2,22,23,27). The lowest BCUT2D eigenvalue weighted by atomic mass is 10.2. The Labute approximate surface area is 172 Å². The van der Waals surface area contributed by atoms with Crippen molar-refractivity contribution >= 4 is 26.6 Å². The first kappa shape index (κ1) is 18.6. The summed E-state index contributed by atoms with van der Waals surface area (Å²) in [6.07, 6.45) is 7.35. The van der Waals surface area contributed by atoms with Crippen LogP contribution in [0.15, 0.2) is 47.9 Å². The first-order valence-corrected chi connectivity index (χ1v) is 11.4. The molecule has 154 valence electrons. The SMILES string of the molecule is Cc1cc(-n2ccnc2)cc2[nH]c(-c3c(NC4CCS(=O)(=O)C4)cc[nH]c3=O)nc12. The number of sulfone groups is 1. The summed E-state index contributed by atoms with van der Waals surface area (Å²) in [5.74, 6) is 0.651. The molecule has 4 aromatic rings. The highest BCUT2D eigenvalue weighted by Gasteiger charge is 2.29. The Morgan fingerprint density at radius 3 is 2.90 bits per heavy atom. The maximum Gasteiger partial charge on any atom is 0.261 e. The van der Waals surface area contributed by atoms with Crippen LogP contribution < -0.4 is 10.9 Å². The molecule has 1 aromatic carbocycles. The topological polar surface area (TPSA) is 126 Å². The van der Waals surface area contributed by atoms with E-state index < -0.39 is 9.84 Å². The van der Waals surface area contributed by atoms with Crippen molar-refractivity contribution in [1.82, 2.24) is 24.5 Å². The van der Waals surface area contributed by atoms with Crippen LogP contribution in [0, 0.1) is 6.92 Å². The fourth-order valence-corrected chi connectivity index (χ4v) is 5.59. The number of nitrogens with one attached hydrogen (secondary N) is 3. The van der Waals surface area contributed by atoms with Crippen molar-refractivity contribution < 1.29 is 8.42 Å². The van der Waals surface area contributed by atoms with Gasteiger partial charge in [0.1, 0.15) is 11.4 Å². The van der Waals surface area contributed by atoms with Crippen molar-refractivity contribution in [3.63, 3.8) is 0 Å². The number of benzene rings is 1. The minimum Gasteiger partial charge on any atom is -0.380 e. The Balaban J connectivity index is 1.59. The molecular formula is C20H20N6O3S. The van der Waals surface area contributed by atoms with Crippen molar-refractivity contribution in [2.24, 2.45) is 0 Å². The van der Waals surface area contributed by atoms with Gasteiger partial charge in [0.15, 0.2) is 9.84 Å². The molecule has 9 nitrogen and oxygen atoms in total. The third-order valence-electron chi connectivity index (χ3n) is 5.35. The zero-order valence-corrected chi connectivity index (χ0v) is 17.0. The molecule has 1 aliphatic rings. The highest BCUT2D eigenvalue weighted by Crippen LogP contribution is 2.28. The van der Waals surface area contributed by atoms with Crippen LogP contribution in [0.5, 0.6) is 0 Å². The van der Waals surface area contributed by atoms with E-state index in [2.05, 4.69) is 25.3 Å². The average Bonchev–Trinajstić information content (AvgIpc) is 3.42. The molecule has 1 fully saturated rings. The molecule has 1 aliphatic heterocycles. The van der Waals surface area contributed by atoms with E-state index in [4.69, 9.17) is 0 Å². The molecule has 3 N–H and O–H groups in total. The van der Waals surface area contributed by atoms with Gasteiger partial charge in [0.05, 0.1) is 34.6 Å². The number of fused-ring (bicyclic) bond motifs is 1.